The van der Waals surface area contributed by atoms with Gasteiger partial charge in [-0.15, -0.1) is 0 Å². The number of carbonyl (C=O) groups excluding carboxylic acids is 1. The zero-order chi connectivity index (χ0) is 17.1. The van der Waals surface area contributed by atoms with Crippen molar-refractivity contribution >= 4 is 16.9 Å². The second-order valence-corrected chi connectivity index (χ2v) is 5.95. The van der Waals surface area contributed by atoms with Crippen molar-refractivity contribution in [3.8, 4) is 11.4 Å². The van der Waals surface area contributed by atoms with Crippen LogP contribution in [-0.4, -0.2) is 41.8 Å². The lowest BCUT2D eigenvalue weighted by atomic mass is 10.1. The topological polar surface area (TPSA) is 76.2 Å². The summed E-state index contributed by atoms with van der Waals surface area (Å²) in [5.74, 6) is 0.700. The van der Waals surface area contributed by atoms with E-state index in [9.17, 15) is 4.79 Å². The number of aromatic nitrogens is 2. The van der Waals surface area contributed by atoms with E-state index >= 15 is 0 Å². The molecule has 6 heteroatoms. The first-order valence-corrected chi connectivity index (χ1v) is 8.31. The highest BCUT2D eigenvalue weighted by atomic mass is 16.6. The van der Waals surface area contributed by atoms with Gasteiger partial charge in [-0.05, 0) is 17.7 Å². The smallest absolute Gasteiger partial charge is 0.251 e. The summed E-state index contributed by atoms with van der Waals surface area (Å²) in [7, 11) is 0. The van der Waals surface area contributed by atoms with Crippen molar-refractivity contribution in [2.75, 3.05) is 19.8 Å². The number of ether oxygens (including phenoxy) is 2. The number of benzene rings is 2. The zero-order valence-electron chi connectivity index (χ0n) is 13.7. The fourth-order valence-electron chi connectivity index (χ4n) is 2.81. The molecule has 1 saturated heterocycles. The van der Waals surface area contributed by atoms with Gasteiger partial charge >= 0.3 is 0 Å². The fraction of sp³-hybridized carbons (Fsp3) is 0.263. The molecule has 2 heterocycles. The molecule has 1 aliphatic heterocycles. The van der Waals surface area contributed by atoms with Crippen LogP contribution in [0.1, 0.15) is 5.56 Å². The van der Waals surface area contributed by atoms with Gasteiger partial charge in [-0.1, -0.05) is 36.4 Å². The van der Waals surface area contributed by atoms with Crippen LogP contribution in [0.15, 0.2) is 48.5 Å². The molecule has 2 aromatic carbocycles. The lowest BCUT2D eigenvalue weighted by molar-refractivity contribution is -0.147. The molecule has 1 fully saturated rings. The summed E-state index contributed by atoms with van der Waals surface area (Å²) in [4.78, 5) is 19.9. The van der Waals surface area contributed by atoms with Gasteiger partial charge in [-0.2, -0.15) is 0 Å². The predicted molar refractivity (Wildman–Crippen MR) is 93.9 cm³/mol. The summed E-state index contributed by atoms with van der Waals surface area (Å²) in [6.45, 7) is 1.78. The first-order valence-electron chi connectivity index (χ1n) is 8.31. The number of para-hydroxylation sites is 2. The third-order valence-electron chi connectivity index (χ3n) is 4.19. The Balaban J connectivity index is 1.40. The van der Waals surface area contributed by atoms with Crippen LogP contribution in [0.2, 0.25) is 0 Å². The Kier molecular flexibility index (Phi) is 4.45. The standard InChI is InChI=1S/C19H19N3O3/c23-19(17-12-24-9-10-25-17)20-11-13-5-7-14(8-6-13)18-21-15-3-1-2-4-16(15)22-18/h1-8,17H,9-12H2,(H,20,23)(H,21,22). The average Bonchev–Trinajstić information content (AvgIpc) is 3.11. The van der Waals surface area contributed by atoms with Gasteiger partial charge in [0.05, 0.1) is 30.9 Å². The maximum atomic E-state index is 12.0. The Morgan fingerprint density at radius 2 is 2.00 bits per heavy atom. The molecule has 0 spiro atoms. The molecule has 128 valence electrons. The van der Waals surface area contributed by atoms with Crippen molar-refractivity contribution in [2.24, 2.45) is 0 Å². The average molecular weight is 337 g/mol. The van der Waals surface area contributed by atoms with Crippen LogP contribution in [0.5, 0.6) is 0 Å². The predicted octanol–water partition coefficient (Wildman–Crippen LogP) is 2.26. The molecule has 1 unspecified atom stereocenters. The van der Waals surface area contributed by atoms with Gasteiger partial charge < -0.3 is 19.8 Å². The van der Waals surface area contributed by atoms with Gasteiger partial charge in [0, 0.05) is 12.1 Å². The molecule has 3 aromatic rings. The van der Waals surface area contributed by atoms with E-state index in [2.05, 4.69) is 15.3 Å². The number of carbonyl (C=O) groups is 1. The second-order valence-electron chi connectivity index (χ2n) is 5.95. The highest BCUT2D eigenvalue weighted by molar-refractivity contribution is 5.81. The molecule has 0 radical (unpaired) electrons. The molecule has 1 aliphatic rings. The quantitative estimate of drug-likeness (QED) is 0.766. The maximum absolute atomic E-state index is 12.0. The maximum Gasteiger partial charge on any atom is 0.251 e. The Bertz CT molecular complexity index is 834. The Hall–Kier alpha value is -2.70. The van der Waals surface area contributed by atoms with E-state index in [0.717, 1.165) is 28.0 Å². The molecule has 0 bridgehead atoms. The van der Waals surface area contributed by atoms with Gasteiger partial charge in [-0.25, -0.2) is 4.98 Å². The zero-order valence-corrected chi connectivity index (χ0v) is 13.7. The fourth-order valence-corrected chi connectivity index (χ4v) is 2.81. The van der Waals surface area contributed by atoms with Crippen LogP contribution in [-0.2, 0) is 20.8 Å². The third-order valence-corrected chi connectivity index (χ3v) is 4.19. The number of fused-ring (bicyclic) bond motifs is 1. The van der Waals surface area contributed by atoms with E-state index in [0.29, 0.717) is 26.4 Å². The number of H-pyrrole nitrogens is 1. The summed E-state index contributed by atoms with van der Waals surface area (Å²) in [6.07, 6.45) is -0.511. The summed E-state index contributed by atoms with van der Waals surface area (Å²) >= 11 is 0. The molecule has 0 aliphatic carbocycles. The van der Waals surface area contributed by atoms with E-state index in [1.807, 2.05) is 48.5 Å². The van der Waals surface area contributed by atoms with Crippen molar-refractivity contribution in [3.05, 3.63) is 54.1 Å². The van der Waals surface area contributed by atoms with Gasteiger partial charge in [-0.3, -0.25) is 4.79 Å². The van der Waals surface area contributed by atoms with E-state index in [4.69, 9.17) is 9.47 Å². The summed E-state index contributed by atoms with van der Waals surface area (Å²) in [5, 5.41) is 2.88. The summed E-state index contributed by atoms with van der Waals surface area (Å²) in [6, 6.07) is 15.9. The molecule has 6 nitrogen and oxygen atoms in total. The molecule has 25 heavy (non-hydrogen) atoms. The lowest BCUT2D eigenvalue weighted by Gasteiger charge is -2.22. The van der Waals surface area contributed by atoms with Gasteiger partial charge in [0.15, 0.2) is 6.10 Å². The minimum Gasteiger partial charge on any atom is -0.376 e. The molecule has 1 amide bonds. The van der Waals surface area contributed by atoms with Crippen molar-refractivity contribution in [2.45, 2.75) is 12.6 Å². The molecule has 2 N–H and O–H groups in total. The Morgan fingerprint density at radius 1 is 1.16 bits per heavy atom. The number of nitrogens with one attached hydrogen (secondary N) is 2. The first-order chi connectivity index (χ1) is 12.3. The summed E-state index contributed by atoms with van der Waals surface area (Å²) in [5.41, 5.74) is 3.99. The van der Waals surface area contributed by atoms with Crippen molar-refractivity contribution < 1.29 is 14.3 Å². The molecular formula is C19H19N3O3. The molecule has 4 rings (SSSR count). The van der Waals surface area contributed by atoms with Gasteiger partial charge in [0.2, 0.25) is 0 Å². The van der Waals surface area contributed by atoms with Crippen LogP contribution in [0.4, 0.5) is 0 Å². The highest BCUT2D eigenvalue weighted by Gasteiger charge is 2.22. The minimum absolute atomic E-state index is 0.138. The number of hydrogen-bond acceptors (Lipinski definition) is 4. The second kappa shape index (κ2) is 7.04. The van der Waals surface area contributed by atoms with Crippen LogP contribution in [0, 0.1) is 0 Å². The molecule has 1 atom stereocenters. The number of rotatable bonds is 4. The van der Waals surface area contributed by atoms with Crippen LogP contribution in [0.3, 0.4) is 0 Å². The minimum atomic E-state index is -0.511. The number of hydrogen-bond donors (Lipinski definition) is 2. The monoisotopic (exact) mass is 337 g/mol. The number of nitrogens with zero attached hydrogens (tertiary/aromatic N) is 1. The summed E-state index contributed by atoms with van der Waals surface area (Å²) < 4.78 is 10.6. The van der Waals surface area contributed by atoms with E-state index < -0.39 is 6.10 Å². The van der Waals surface area contributed by atoms with Crippen LogP contribution < -0.4 is 5.32 Å². The number of imidazole rings is 1. The Morgan fingerprint density at radius 3 is 2.76 bits per heavy atom. The van der Waals surface area contributed by atoms with E-state index in [1.54, 1.807) is 0 Å². The molecule has 1 aromatic heterocycles. The van der Waals surface area contributed by atoms with E-state index in [-0.39, 0.29) is 5.91 Å². The molecule has 0 saturated carbocycles. The Labute approximate surface area is 145 Å². The highest BCUT2D eigenvalue weighted by Crippen LogP contribution is 2.20. The lowest BCUT2D eigenvalue weighted by Crippen LogP contribution is -2.42. The van der Waals surface area contributed by atoms with Crippen LogP contribution in [0.25, 0.3) is 22.4 Å². The van der Waals surface area contributed by atoms with E-state index in [1.165, 1.54) is 0 Å². The van der Waals surface area contributed by atoms with Gasteiger partial charge in [0.25, 0.3) is 5.91 Å². The largest absolute Gasteiger partial charge is 0.376 e. The van der Waals surface area contributed by atoms with Gasteiger partial charge in [0.1, 0.15) is 5.82 Å². The number of aromatic amines is 1. The molecular weight excluding hydrogens is 318 g/mol. The number of amides is 1. The third kappa shape index (κ3) is 3.55. The van der Waals surface area contributed by atoms with Crippen molar-refractivity contribution in [1.29, 1.82) is 0 Å². The SMILES string of the molecule is O=C(NCc1ccc(-c2nc3ccccc3[nH]2)cc1)C1COCCO1. The first kappa shape index (κ1) is 15.8. The van der Waals surface area contributed by atoms with Crippen LogP contribution >= 0.6 is 0 Å². The normalized spacial score (nSPS) is 17.5. The van der Waals surface area contributed by atoms with Crippen molar-refractivity contribution in [3.63, 3.8) is 0 Å². The van der Waals surface area contributed by atoms with Crippen molar-refractivity contribution in [1.82, 2.24) is 15.3 Å².